The van der Waals surface area contributed by atoms with Crippen molar-refractivity contribution in [3.05, 3.63) is 0 Å². The number of alkyl halides is 1. The third-order valence-electron chi connectivity index (χ3n) is 3.69. The zero-order valence-corrected chi connectivity index (χ0v) is 6.77. The van der Waals surface area contributed by atoms with E-state index in [9.17, 15) is 4.39 Å². The molecule has 0 saturated heterocycles. The molecule has 0 heterocycles. The zero-order valence-electron chi connectivity index (χ0n) is 5.96. The Hall–Kier alpha value is 0.280. The molecule has 0 aromatic rings. The van der Waals surface area contributed by atoms with Crippen molar-refractivity contribution in [1.82, 2.24) is 0 Å². The second-order valence-corrected chi connectivity index (χ2v) is 4.88. The van der Waals surface area contributed by atoms with Gasteiger partial charge in [0.05, 0.1) is 0 Å². The SMILES string of the molecule is CS[C@H]1C2C3[C@@H]2C[C@@H]1[C@H]3F. The van der Waals surface area contributed by atoms with E-state index in [-0.39, 0.29) is 0 Å². The molecule has 4 rings (SSSR count). The highest BCUT2D eigenvalue weighted by Crippen LogP contribution is 2.73. The highest BCUT2D eigenvalue weighted by atomic mass is 32.2. The lowest BCUT2D eigenvalue weighted by Crippen LogP contribution is -2.13. The second kappa shape index (κ2) is 1.55. The minimum Gasteiger partial charge on any atom is -0.247 e. The molecular formula is C8H11FS. The number of rotatable bonds is 1. The molecule has 0 aromatic carbocycles. The summed E-state index contributed by atoms with van der Waals surface area (Å²) in [5.74, 6) is 2.59. The molecule has 0 amide bonds. The minimum atomic E-state index is -0.410. The van der Waals surface area contributed by atoms with Crippen LogP contribution in [0.25, 0.3) is 0 Å². The van der Waals surface area contributed by atoms with Gasteiger partial charge in [0.25, 0.3) is 0 Å². The van der Waals surface area contributed by atoms with Crippen molar-refractivity contribution in [2.45, 2.75) is 17.8 Å². The predicted octanol–water partition coefficient (Wildman–Crippen LogP) is 1.95. The van der Waals surface area contributed by atoms with Crippen molar-refractivity contribution in [3.8, 4) is 0 Å². The lowest BCUT2D eigenvalue weighted by Gasteiger charge is -2.11. The van der Waals surface area contributed by atoms with E-state index < -0.39 is 6.17 Å². The Kier molecular flexibility index (Phi) is 0.908. The Morgan fingerprint density at radius 2 is 2.10 bits per heavy atom. The van der Waals surface area contributed by atoms with Gasteiger partial charge in [0, 0.05) is 11.2 Å². The van der Waals surface area contributed by atoms with Crippen LogP contribution in [0.3, 0.4) is 0 Å². The standard InChI is InChI=1S/C8H11FS/c1-10-8-4-2-3-5(6(3)8)7(4)9/h3-8H,2H2,1H3/t3-,4+,5?,6?,7+,8+/m0/s1. The van der Waals surface area contributed by atoms with Crippen molar-refractivity contribution in [1.29, 1.82) is 0 Å². The maximum Gasteiger partial charge on any atom is 0.107 e. The van der Waals surface area contributed by atoms with Gasteiger partial charge in [-0.05, 0) is 30.4 Å². The van der Waals surface area contributed by atoms with E-state index in [0.717, 1.165) is 11.8 Å². The number of hydrogen-bond acceptors (Lipinski definition) is 1. The van der Waals surface area contributed by atoms with E-state index >= 15 is 0 Å². The van der Waals surface area contributed by atoms with Crippen molar-refractivity contribution >= 4 is 11.8 Å². The maximum atomic E-state index is 13.2. The lowest BCUT2D eigenvalue weighted by atomic mass is 10.1. The third-order valence-corrected chi connectivity index (χ3v) is 4.90. The van der Waals surface area contributed by atoms with Gasteiger partial charge in [-0.2, -0.15) is 11.8 Å². The van der Waals surface area contributed by atoms with Gasteiger partial charge in [0.1, 0.15) is 6.17 Å². The van der Waals surface area contributed by atoms with Crippen molar-refractivity contribution in [2.75, 3.05) is 6.26 Å². The first-order valence-corrected chi connectivity index (χ1v) is 5.30. The summed E-state index contributed by atoms with van der Waals surface area (Å²) >= 11 is 1.90. The maximum absolute atomic E-state index is 13.2. The topological polar surface area (TPSA) is 0 Å². The Morgan fingerprint density at radius 1 is 1.30 bits per heavy atom. The van der Waals surface area contributed by atoms with Gasteiger partial charge in [0.2, 0.25) is 0 Å². The van der Waals surface area contributed by atoms with Crippen LogP contribution in [0, 0.1) is 23.7 Å². The molecule has 2 heteroatoms. The van der Waals surface area contributed by atoms with Crippen molar-refractivity contribution in [2.24, 2.45) is 23.7 Å². The highest BCUT2D eigenvalue weighted by molar-refractivity contribution is 7.99. The van der Waals surface area contributed by atoms with E-state index in [4.69, 9.17) is 0 Å². The summed E-state index contributed by atoms with van der Waals surface area (Å²) in [6, 6.07) is 0. The van der Waals surface area contributed by atoms with Crippen LogP contribution < -0.4 is 0 Å². The van der Waals surface area contributed by atoms with Crippen LogP contribution in [0.5, 0.6) is 0 Å². The normalized spacial score (nSPS) is 69.0. The fourth-order valence-corrected chi connectivity index (χ4v) is 4.62. The third kappa shape index (κ3) is 0.421. The summed E-state index contributed by atoms with van der Waals surface area (Å²) in [6.45, 7) is 0. The van der Waals surface area contributed by atoms with Crippen molar-refractivity contribution in [3.63, 3.8) is 0 Å². The Morgan fingerprint density at radius 3 is 2.30 bits per heavy atom. The summed E-state index contributed by atoms with van der Waals surface area (Å²) in [5, 5.41) is 0.699. The van der Waals surface area contributed by atoms with E-state index in [2.05, 4.69) is 6.26 Å². The second-order valence-electron chi connectivity index (χ2n) is 3.86. The molecule has 4 bridgehead atoms. The van der Waals surface area contributed by atoms with Crippen LogP contribution in [0.2, 0.25) is 0 Å². The minimum absolute atomic E-state index is 0.410. The number of halogens is 1. The molecule has 10 heavy (non-hydrogen) atoms. The summed E-state index contributed by atoms with van der Waals surface area (Å²) in [6.07, 6.45) is 2.93. The smallest absolute Gasteiger partial charge is 0.107 e. The van der Waals surface area contributed by atoms with Gasteiger partial charge < -0.3 is 0 Å². The van der Waals surface area contributed by atoms with Gasteiger partial charge in [0.15, 0.2) is 0 Å². The van der Waals surface area contributed by atoms with Crippen LogP contribution in [-0.4, -0.2) is 17.7 Å². The van der Waals surface area contributed by atoms with E-state index in [1.54, 1.807) is 0 Å². The molecule has 0 N–H and O–H groups in total. The molecule has 0 nitrogen and oxygen atoms in total. The summed E-state index contributed by atoms with van der Waals surface area (Å²) < 4.78 is 13.2. The molecule has 56 valence electrons. The van der Waals surface area contributed by atoms with Crippen LogP contribution in [-0.2, 0) is 0 Å². The highest BCUT2D eigenvalue weighted by Gasteiger charge is 2.73. The Labute approximate surface area is 64.6 Å². The predicted molar refractivity (Wildman–Crippen MR) is 40.8 cm³/mol. The molecule has 4 saturated carbocycles. The monoisotopic (exact) mass is 158 g/mol. The fourth-order valence-electron chi connectivity index (χ4n) is 3.32. The zero-order chi connectivity index (χ0) is 6.88. The summed E-state index contributed by atoms with van der Waals surface area (Å²) in [4.78, 5) is 0. The average Bonchev–Trinajstić information content (AvgIpc) is 2.29. The average molecular weight is 158 g/mol. The first-order valence-electron chi connectivity index (χ1n) is 4.01. The molecule has 0 aromatic heterocycles. The molecule has 4 fully saturated rings. The first-order chi connectivity index (χ1) is 4.84. The number of thioether (sulfide) groups is 1. The Bertz CT molecular complexity index is 182. The van der Waals surface area contributed by atoms with Crippen LogP contribution >= 0.6 is 11.8 Å². The Balaban J connectivity index is 1.95. The van der Waals surface area contributed by atoms with Crippen LogP contribution in [0.15, 0.2) is 0 Å². The van der Waals surface area contributed by atoms with Gasteiger partial charge in [-0.1, -0.05) is 0 Å². The summed E-state index contributed by atoms with van der Waals surface area (Å²) in [7, 11) is 0. The molecule has 4 aliphatic rings. The van der Waals surface area contributed by atoms with Crippen LogP contribution in [0.4, 0.5) is 4.39 Å². The molecular weight excluding hydrogens is 147 g/mol. The first kappa shape index (κ1) is 5.87. The number of hydrogen-bond donors (Lipinski definition) is 0. The molecule has 4 aliphatic carbocycles. The van der Waals surface area contributed by atoms with Crippen molar-refractivity contribution < 1.29 is 4.39 Å². The van der Waals surface area contributed by atoms with Gasteiger partial charge in [-0.3, -0.25) is 0 Å². The van der Waals surface area contributed by atoms with Gasteiger partial charge >= 0.3 is 0 Å². The van der Waals surface area contributed by atoms with Crippen LogP contribution in [0.1, 0.15) is 6.42 Å². The molecule has 0 aliphatic heterocycles. The van der Waals surface area contributed by atoms with E-state index in [1.165, 1.54) is 6.42 Å². The molecule has 2 unspecified atom stereocenters. The fraction of sp³-hybridized carbons (Fsp3) is 1.00. The quantitative estimate of drug-likeness (QED) is 0.562. The van der Waals surface area contributed by atoms with Gasteiger partial charge in [-0.25, -0.2) is 4.39 Å². The molecule has 6 atom stereocenters. The van der Waals surface area contributed by atoms with E-state index in [0.29, 0.717) is 17.1 Å². The summed E-state index contributed by atoms with van der Waals surface area (Å²) in [5.41, 5.74) is 0. The lowest BCUT2D eigenvalue weighted by molar-refractivity contribution is 0.273. The van der Waals surface area contributed by atoms with Gasteiger partial charge in [-0.15, -0.1) is 0 Å². The largest absolute Gasteiger partial charge is 0.247 e. The molecule has 0 spiro atoms. The van der Waals surface area contributed by atoms with E-state index in [1.807, 2.05) is 11.8 Å². The molecule has 0 radical (unpaired) electrons.